The third-order valence-electron chi connectivity index (χ3n) is 6.79. The Morgan fingerprint density at radius 1 is 1.07 bits per heavy atom. The summed E-state index contributed by atoms with van der Waals surface area (Å²) in [7, 11) is 0. The van der Waals surface area contributed by atoms with Gasteiger partial charge in [-0.15, -0.1) is 0 Å². The van der Waals surface area contributed by atoms with Gasteiger partial charge in [0.05, 0.1) is 0 Å². The average Bonchev–Trinajstić information content (AvgIpc) is 3.41. The Morgan fingerprint density at radius 2 is 1.83 bits per heavy atom. The van der Waals surface area contributed by atoms with Crippen molar-refractivity contribution < 1.29 is 14.4 Å². The highest BCUT2D eigenvalue weighted by Gasteiger charge is 2.47. The summed E-state index contributed by atoms with van der Waals surface area (Å²) in [6, 6.07) is 6.56. The first-order chi connectivity index (χ1) is 14.5. The van der Waals surface area contributed by atoms with Crippen molar-refractivity contribution in [2.45, 2.75) is 63.5 Å². The van der Waals surface area contributed by atoms with Crippen molar-refractivity contribution in [3.05, 3.63) is 34.9 Å². The van der Waals surface area contributed by atoms with E-state index in [-0.39, 0.29) is 23.8 Å². The van der Waals surface area contributed by atoms with Gasteiger partial charge in [0.25, 0.3) is 5.91 Å². The van der Waals surface area contributed by atoms with Crippen LogP contribution in [0, 0.1) is 5.92 Å². The lowest BCUT2D eigenvalue weighted by atomic mass is 9.84. The van der Waals surface area contributed by atoms with E-state index in [2.05, 4.69) is 5.32 Å². The standard InChI is InChI=1S/C23H30ClN3O3/c24-18-8-5-7-17(14-18)23(30)27-19-9-2-1-6-16(19)15-20(27)22(29)25-11-10-21(28)26-12-3-4-13-26/h5,7-8,14,16,19-20H,1-4,6,9-13,15H2,(H,25,29)/t16-,19-,20+/m1/s1. The first-order valence-electron chi connectivity index (χ1n) is 11.2. The molecule has 1 aliphatic carbocycles. The van der Waals surface area contributed by atoms with Crippen LogP contribution in [-0.2, 0) is 9.59 Å². The minimum absolute atomic E-state index is 0.0970. The van der Waals surface area contributed by atoms with Gasteiger partial charge in [0.2, 0.25) is 11.8 Å². The molecule has 0 aromatic heterocycles. The van der Waals surface area contributed by atoms with Crippen LogP contribution in [0.2, 0.25) is 5.02 Å². The molecule has 162 valence electrons. The molecule has 1 N–H and O–H groups in total. The fraction of sp³-hybridized carbons (Fsp3) is 0.609. The van der Waals surface area contributed by atoms with E-state index < -0.39 is 6.04 Å². The zero-order chi connectivity index (χ0) is 21.1. The van der Waals surface area contributed by atoms with Crippen molar-refractivity contribution in [1.82, 2.24) is 15.1 Å². The molecule has 0 spiro atoms. The van der Waals surface area contributed by atoms with Gasteiger partial charge >= 0.3 is 0 Å². The number of carbonyl (C=O) groups excluding carboxylic acids is 3. The van der Waals surface area contributed by atoms with Gasteiger partial charge in [0.15, 0.2) is 0 Å². The number of benzene rings is 1. The molecule has 0 unspecified atom stereocenters. The van der Waals surface area contributed by atoms with Crippen LogP contribution in [0.4, 0.5) is 0 Å². The highest BCUT2D eigenvalue weighted by molar-refractivity contribution is 6.31. The maximum atomic E-state index is 13.4. The molecule has 2 heterocycles. The Morgan fingerprint density at radius 3 is 2.60 bits per heavy atom. The van der Waals surface area contributed by atoms with E-state index in [0.717, 1.165) is 51.6 Å². The predicted molar refractivity (Wildman–Crippen MR) is 115 cm³/mol. The van der Waals surface area contributed by atoms with E-state index >= 15 is 0 Å². The van der Waals surface area contributed by atoms with Gasteiger partial charge in [0.1, 0.15) is 6.04 Å². The molecule has 7 heteroatoms. The Bertz CT molecular complexity index is 809. The maximum absolute atomic E-state index is 13.4. The normalized spacial score (nSPS) is 25.8. The molecule has 2 aliphatic heterocycles. The topological polar surface area (TPSA) is 69.7 Å². The number of likely N-dealkylation sites (tertiary alicyclic amines) is 2. The number of carbonyl (C=O) groups is 3. The molecule has 1 aromatic rings. The summed E-state index contributed by atoms with van der Waals surface area (Å²) in [5, 5.41) is 3.45. The second kappa shape index (κ2) is 9.38. The van der Waals surface area contributed by atoms with Crippen LogP contribution in [0.15, 0.2) is 24.3 Å². The third kappa shape index (κ3) is 4.48. The SMILES string of the molecule is O=C(NCCC(=O)N1CCCC1)[C@@H]1C[C@H]2CCCC[C@H]2N1C(=O)c1cccc(Cl)c1. The van der Waals surface area contributed by atoms with Gasteiger partial charge < -0.3 is 15.1 Å². The fourth-order valence-corrected chi connectivity index (χ4v) is 5.48. The summed E-state index contributed by atoms with van der Waals surface area (Å²) >= 11 is 6.10. The summed E-state index contributed by atoms with van der Waals surface area (Å²) in [6.45, 7) is 1.96. The van der Waals surface area contributed by atoms with Crippen LogP contribution in [-0.4, -0.2) is 59.2 Å². The lowest BCUT2D eigenvalue weighted by Crippen LogP contribution is -2.50. The van der Waals surface area contributed by atoms with Crippen molar-refractivity contribution in [2.75, 3.05) is 19.6 Å². The monoisotopic (exact) mass is 431 g/mol. The van der Waals surface area contributed by atoms with Crippen molar-refractivity contribution in [3.63, 3.8) is 0 Å². The average molecular weight is 432 g/mol. The number of halogens is 1. The van der Waals surface area contributed by atoms with Crippen LogP contribution in [0.25, 0.3) is 0 Å². The molecule has 3 aliphatic rings. The molecular formula is C23H30ClN3O3. The highest BCUT2D eigenvalue weighted by atomic mass is 35.5. The molecule has 3 fully saturated rings. The second-order valence-electron chi connectivity index (χ2n) is 8.72. The first kappa shape index (κ1) is 21.2. The minimum Gasteiger partial charge on any atom is -0.354 e. The van der Waals surface area contributed by atoms with E-state index in [1.54, 1.807) is 29.2 Å². The smallest absolute Gasteiger partial charge is 0.254 e. The molecule has 30 heavy (non-hydrogen) atoms. The number of fused-ring (bicyclic) bond motifs is 1. The van der Waals surface area contributed by atoms with Gasteiger partial charge in [0, 0.05) is 42.7 Å². The fourth-order valence-electron chi connectivity index (χ4n) is 5.29. The van der Waals surface area contributed by atoms with Crippen LogP contribution in [0.3, 0.4) is 0 Å². The van der Waals surface area contributed by atoms with Crippen LogP contribution in [0.1, 0.15) is 61.7 Å². The van der Waals surface area contributed by atoms with Crippen molar-refractivity contribution >= 4 is 29.3 Å². The molecule has 2 saturated heterocycles. The number of rotatable bonds is 5. The summed E-state index contributed by atoms with van der Waals surface area (Å²) in [4.78, 5) is 42.3. The van der Waals surface area contributed by atoms with Crippen molar-refractivity contribution in [3.8, 4) is 0 Å². The molecule has 6 nitrogen and oxygen atoms in total. The van der Waals surface area contributed by atoms with Gasteiger partial charge in [-0.1, -0.05) is 30.5 Å². The predicted octanol–water partition coefficient (Wildman–Crippen LogP) is 3.24. The number of hydrogen-bond donors (Lipinski definition) is 1. The molecule has 1 aromatic carbocycles. The van der Waals surface area contributed by atoms with Crippen molar-refractivity contribution in [1.29, 1.82) is 0 Å². The quantitative estimate of drug-likeness (QED) is 0.778. The van der Waals surface area contributed by atoms with E-state index in [4.69, 9.17) is 11.6 Å². The summed E-state index contributed by atoms with van der Waals surface area (Å²) in [5.41, 5.74) is 0.524. The van der Waals surface area contributed by atoms with E-state index in [9.17, 15) is 14.4 Å². The second-order valence-corrected chi connectivity index (χ2v) is 9.15. The number of nitrogens with zero attached hydrogens (tertiary/aromatic N) is 2. The molecular weight excluding hydrogens is 402 g/mol. The summed E-state index contributed by atoms with van der Waals surface area (Å²) < 4.78 is 0. The van der Waals surface area contributed by atoms with Gasteiger partial charge in [-0.25, -0.2) is 0 Å². The van der Waals surface area contributed by atoms with Gasteiger partial charge in [-0.3, -0.25) is 14.4 Å². The highest BCUT2D eigenvalue weighted by Crippen LogP contribution is 2.40. The van der Waals surface area contributed by atoms with E-state index in [1.165, 1.54) is 0 Å². The van der Waals surface area contributed by atoms with Crippen LogP contribution < -0.4 is 5.32 Å². The van der Waals surface area contributed by atoms with Gasteiger partial charge in [-0.2, -0.15) is 0 Å². The van der Waals surface area contributed by atoms with Crippen LogP contribution in [0.5, 0.6) is 0 Å². The zero-order valence-corrected chi connectivity index (χ0v) is 18.1. The molecule has 4 rings (SSSR count). The van der Waals surface area contributed by atoms with Gasteiger partial charge in [-0.05, 0) is 56.2 Å². The lowest BCUT2D eigenvalue weighted by Gasteiger charge is -2.33. The Balaban J connectivity index is 1.43. The molecule has 3 atom stereocenters. The molecule has 1 saturated carbocycles. The number of amides is 3. The Labute approximate surface area is 182 Å². The lowest BCUT2D eigenvalue weighted by molar-refractivity contribution is -0.130. The van der Waals surface area contributed by atoms with Crippen molar-refractivity contribution in [2.24, 2.45) is 5.92 Å². The molecule has 0 bridgehead atoms. The Kier molecular flexibility index (Phi) is 6.61. The number of hydrogen-bond acceptors (Lipinski definition) is 3. The van der Waals surface area contributed by atoms with E-state index in [0.29, 0.717) is 35.9 Å². The largest absolute Gasteiger partial charge is 0.354 e. The molecule has 3 amide bonds. The molecule has 0 radical (unpaired) electrons. The maximum Gasteiger partial charge on any atom is 0.254 e. The number of nitrogens with one attached hydrogen (secondary N) is 1. The zero-order valence-electron chi connectivity index (χ0n) is 17.3. The first-order valence-corrected chi connectivity index (χ1v) is 11.6. The summed E-state index contributed by atoms with van der Waals surface area (Å²) in [5.74, 6) is 0.192. The third-order valence-corrected chi connectivity index (χ3v) is 7.03. The Hall–Kier alpha value is -2.08. The summed E-state index contributed by atoms with van der Waals surface area (Å²) in [6.07, 6.45) is 7.36. The van der Waals surface area contributed by atoms with Crippen LogP contribution >= 0.6 is 11.6 Å². The van der Waals surface area contributed by atoms with E-state index in [1.807, 2.05) is 4.90 Å². The minimum atomic E-state index is -0.480.